The third kappa shape index (κ3) is 3.03. The van der Waals surface area contributed by atoms with E-state index in [0.717, 1.165) is 16.8 Å². The number of aromatic nitrogens is 3. The first-order chi connectivity index (χ1) is 10.2. The fraction of sp³-hybridized carbons (Fsp3) is 0.0667. The molecule has 0 aliphatic carbocycles. The molecular weight excluding hydrogens is 291 g/mol. The van der Waals surface area contributed by atoms with E-state index in [-0.39, 0.29) is 5.02 Å². The van der Waals surface area contributed by atoms with Crippen LogP contribution < -0.4 is 5.32 Å². The summed E-state index contributed by atoms with van der Waals surface area (Å²) < 4.78 is 13.4. The molecule has 0 aliphatic heterocycles. The van der Waals surface area contributed by atoms with Crippen molar-refractivity contribution in [3.63, 3.8) is 0 Å². The van der Waals surface area contributed by atoms with Crippen LogP contribution in [0.3, 0.4) is 0 Å². The zero-order valence-corrected chi connectivity index (χ0v) is 11.7. The van der Waals surface area contributed by atoms with Gasteiger partial charge in [-0.3, -0.25) is 10.1 Å². The maximum atomic E-state index is 13.4. The molecule has 0 saturated heterocycles. The number of anilines is 1. The highest BCUT2D eigenvalue weighted by Gasteiger charge is 2.08. The van der Waals surface area contributed by atoms with Crippen LogP contribution in [-0.4, -0.2) is 15.2 Å². The molecule has 2 heterocycles. The molecule has 0 fully saturated rings. The Kier molecular flexibility index (Phi) is 3.83. The maximum Gasteiger partial charge on any atom is 0.143 e. The fourth-order valence-corrected chi connectivity index (χ4v) is 2.13. The molecule has 0 unspecified atom stereocenters. The van der Waals surface area contributed by atoms with Gasteiger partial charge < -0.3 is 5.32 Å². The molecule has 0 atom stereocenters. The zero-order valence-electron chi connectivity index (χ0n) is 11.0. The second kappa shape index (κ2) is 5.93. The van der Waals surface area contributed by atoms with E-state index in [9.17, 15) is 4.39 Å². The standard InChI is InChI=1S/C15H12ClFN4/c16-13-4-3-12(6-14(13)17)19-8-11-9-20-21-15(11)10-2-1-5-18-7-10/h1-7,9,19H,8H2,(H,20,21). The predicted molar refractivity (Wildman–Crippen MR) is 80.6 cm³/mol. The van der Waals surface area contributed by atoms with Gasteiger partial charge in [-0.1, -0.05) is 11.6 Å². The van der Waals surface area contributed by atoms with Gasteiger partial charge in [0.25, 0.3) is 0 Å². The molecule has 2 N–H and O–H groups in total. The van der Waals surface area contributed by atoms with Crippen LogP contribution in [0.2, 0.25) is 5.02 Å². The minimum absolute atomic E-state index is 0.111. The highest BCUT2D eigenvalue weighted by atomic mass is 35.5. The molecular formula is C15H12ClFN4. The lowest BCUT2D eigenvalue weighted by atomic mass is 10.1. The monoisotopic (exact) mass is 302 g/mol. The Labute approximate surface area is 126 Å². The topological polar surface area (TPSA) is 53.6 Å². The van der Waals surface area contributed by atoms with E-state index in [2.05, 4.69) is 20.5 Å². The van der Waals surface area contributed by atoms with Crippen molar-refractivity contribution < 1.29 is 4.39 Å². The molecule has 0 bridgehead atoms. The minimum Gasteiger partial charge on any atom is -0.381 e. The molecule has 21 heavy (non-hydrogen) atoms. The lowest BCUT2D eigenvalue weighted by Gasteiger charge is -2.07. The first kappa shape index (κ1) is 13.6. The second-order valence-electron chi connectivity index (χ2n) is 4.49. The predicted octanol–water partition coefficient (Wildman–Crippen LogP) is 3.88. The molecule has 0 aliphatic rings. The summed E-state index contributed by atoms with van der Waals surface area (Å²) >= 11 is 5.66. The molecule has 0 radical (unpaired) electrons. The third-order valence-corrected chi connectivity index (χ3v) is 3.38. The fourth-order valence-electron chi connectivity index (χ4n) is 2.01. The van der Waals surface area contributed by atoms with Gasteiger partial charge in [0.15, 0.2) is 0 Å². The van der Waals surface area contributed by atoms with Gasteiger partial charge in [-0.25, -0.2) is 4.39 Å². The smallest absolute Gasteiger partial charge is 0.143 e. The lowest BCUT2D eigenvalue weighted by Crippen LogP contribution is -2.00. The summed E-state index contributed by atoms with van der Waals surface area (Å²) in [7, 11) is 0. The molecule has 3 aromatic rings. The van der Waals surface area contributed by atoms with Crippen molar-refractivity contribution in [1.82, 2.24) is 15.2 Å². The average molecular weight is 303 g/mol. The second-order valence-corrected chi connectivity index (χ2v) is 4.90. The van der Waals surface area contributed by atoms with Crippen LogP contribution >= 0.6 is 11.6 Å². The van der Waals surface area contributed by atoms with Crippen molar-refractivity contribution in [2.75, 3.05) is 5.32 Å². The van der Waals surface area contributed by atoms with Crippen molar-refractivity contribution in [1.29, 1.82) is 0 Å². The summed E-state index contributed by atoms with van der Waals surface area (Å²) in [5.41, 5.74) is 3.48. The van der Waals surface area contributed by atoms with Crippen LogP contribution in [-0.2, 0) is 6.54 Å². The molecule has 3 rings (SSSR count). The summed E-state index contributed by atoms with van der Waals surface area (Å²) in [5, 5.41) is 10.3. The molecule has 0 spiro atoms. The van der Waals surface area contributed by atoms with Gasteiger partial charge >= 0.3 is 0 Å². The van der Waals surface area contributed by atoms with Crippen LogP contribution in [0.25, 0.3) is 11.3 Å². The zero-order chi connectivity index (χ0) is 14.7. The van der Waals surface area contributed by atoms with Crippen molar-refractivity contribution in [2.45, 2.75) is 6.54 Å². The van der Waals surface area contributed by atoms with Crippen molar-refractivity contribution in [3.05, 3.63) is 65.3 Å². The van der Waals surface area contributed by atoms with E-state index in [1.165, 1.54) is 12.1 Å². The number of aromatic amines is 1. The van der Waals surface area contributed by atoms with Gasteiger partial charge in [-0.05, 0) is 30.3 Å². The van der Waals surface area contributed by atoms with Gasteiger partial charge in [0.1, 0.15) is 5.82 Å². The van der Waals surface area contributed by atoms with Gasteiger partial charge in [0, 0.05) is 35.8 Å². The number of hydrogen-bond acceptors (Lipinski definition) is 3. The van der Waals surface area contributed by atoms with Crippen molar-refractivity contribution in [3.8, 4) is 11.3 Å². The van der Waals surface area contributed by atoms with Crippen LogP contribution in [0, 0.1) is 5.82 Å². The van der Waals surface area contributed by atoms with E-state index >= 15 is 0 Å². The molecule has 2 aromatic heterocycles. The molecule has 6 heteroatoms. The summed E-state index contributed by atoms with van der Waals surface area (Å²) in [6, 6.07) is 8.44. The summed E-state index contributed by atoms with van der Waals surface area (Å²) in [5.74, 6) is -0.443. The Morgan fingerprint density at radius 1 is 1.24 bits per heavy atom. The van der Waals surface area contributed by atoms with Gasteiger partial charge in [-0.15, -0.1) is 0 Å². The van der Waals surface area contributed by atoms with E-state index in [1.807, 2.05) is 12.1 Å². The SMILES string of the molecule is Fc1cc(NCc2cn[nH]c2-c2cccnc2)ccc1Cl. The van der Waals surface area contributed by atoms with Crippen molar-refractivity contribution in [2.24, 2.45) is 0 Å². The Bertz CT molecular complexity index is 742. The van der Waals surface area contributed by atoms with E-state index < -0.39 is 5.82 Å². The number of H-pyrrole nitrogens is 1. The molecule has 0 amide bonds. The number of rotatable bonds is 4. The van der Waals surface area contributed by atoms with Crippen LogP contribution in [0.15, 0.2) is 48.9 Å². The molecule has 106 valence electrons. The first-order valence-corrected chi connectivity index (χ1v) is 6.73. The number of halogens is 2. The number of pyridine rings is 1. The first-order valence-electron chi connectivity index (χ1n) is 6.35. The number of hydrogen-bond donors (Lipinski definition) is 2. The largest absolute Gasteiger partial charge is 0.381 e. The van der Waals surface area contributed by atoms with Gasteiger partial charge in [-0.2, -0.15) is 5.10 Å². The Hall–Kier alpha value is -2.40. The number of nitrogens with zero attached hydrogens (tertiary/aromatic N) is 2. The number of benzene rings is 1. The Balaban J connectivity index is 1.77. The van der Waals surface area contributed by atoms with Crippen LogP contribution in [0.1, 0.15) is 5.56 Å². The van der Waals surface area contributed by atoms with Crippen molar-refractivity contribution >= 4 is 17.3 Å². The van der Waals surface area contributed by atoms with E-state index in [4.69, 9.17) is 11.6 Å². The summed E-state index contributed by atoms with van der Waals surface area (Å²) in [4.78, 5) is 4.09. The van der Waals surface area contributed by atoms with Gasteiger partial charge in [0.2, 0.25) is 0 Å². The maximum absolute atomic E-state index is 13.4. The molecule has 0 saturated carbocycles. The highest BCUT2D eigenvalue weighted by molar-refractivity contribution is 6.30. The molecule has 4 nitrogen and oxygen atoms in total. The summed E-state index contributed by atoms with van der Waals surface area (Å²) in [6.07, 6.45) is 5.22. The average Bonchev–Trinajstić information content (AvgIpc) is 2.98. The van der Waals surface area contributed by atoms with E-state index in [0.29, 0.717) is 12.2 Å². The molecule has 1 aromatic carbocycles. The minimum atomic E-state index is -0.443. The Morgan fingerprint density at radius 3 is 2.90 bits per heavy atom. The van der Waals surface area contributed by atoms with Gasteiger partial charge in [0.05, 0.1) is 16.9 Å². The number of nitrogens with one attached hydrogen (secondary N) is 2. The lowest BCUT2D eigenvalue weighted by molar-refractivity contribution is 0.628. The normalized spacial score (nSPS) is 10.6. The quantitative estimate of drug-likeness (QED) is 0.769. The van der Waals surface area contributed by atoms with E-state index in [1.54, 1.807) is 24.7 Å². The summed E-state index contributed by atoms with van der Waals surface area (Å²) in [6.45, 7) is 0.516. The van der Waals surface area contributed by atoms with Crippen LogP contribution in [0.4, 0.5) is 10.1 Å². The Morgan fingerprint density at radius 2 is 2.14 bits per heavy atom. The third-order valence-electron chi connectivity index (χ3n) is 3.07. The van der Waals surface area contributed by atoms with Crippen LogP contribution in [0.5, 0.6) is 0 Å². The highest BCUT2D eigenvalue weighted by Crippen LogP contribution is 2.22.